The molecule has 2 aromatic rings. The van der Waals surface area contributed by atoms with Crippen LogP contribution in [0.3, 0.4) is 0 Å². The summed E-state index contributed by atoms with van der Waals surface area (Å²) in [5, 5.41) is 11.1. The Morgan fingerprint density at radius 3 is 2.55 bits per heavy atom. The van der Waals surface area contributed by atoms with Crippen molar-refractivity contribution in [2.24, 2.45) is 0 Å². The summed E-state index contributed by atoms with van der Waals surface area (Å²) < 4.78 is 43.5. The van der Waals surface area contributed by atoms with E-state index in [4.69, 9.17) is 4.74 Å². The molecule has 0 atom stereocenters. The molecule has 1 N–H and O–H groups in total. The molecule has 0 unspecified atom stereocenters. The molecular formula is C23H22F3N3O4. The highest BCUT2D eigenvalue weighted by Gasteiger charge is 2.28. The Morgan fingerprint density at radius 2 is 1.88 bits per heavy atom. The number of pyridine rings is 1. The first-order valence-corrected chi connectivity index (χ1v) is 10.5. The largest absolute Gasteiger partial charge is 0.483 e. The second-order valence-corrected chi connectivity index (χ2v) is 7.76. The van der Waals surface area contributed by atoms with Gasteiger partial charge in [-0.2, -0.15) is 18.4 Å². The van der Waals surface area contributed by atoms with Gasteiger partial charge < -0.3 is 14.6 Å². The number of nitriles is 1. The van der Waals surface area contributed by atoms with Gasteiger partial charge in [-0.05, 0) is 31.0 Å². The topological polar surface area (TPSA) is 101 Å². The molecular weight excluding hydrogens is 439 g/mol. The first-order chi connectivity index (χ1) is 15.7. The number of hydrogen-bond acceptors (Lipinski definition) is 5. The highest BCUT2D eigenvalue weighted by molar-refractivity contribution is 6.10. The fourth-order valence-electron chi connectivity index (χ4n) is 3.77. The van der Waals surface area contributed by atoms with Gasteiger partial charge in [0, 0.05) is 17.8 Å². The number of halogens is 3. The van der Waals surface area contributed by atoms with Crippen molar-refractivity contribution < 1.29 is 27.5 Å². The summed E-state index contributed by atoms with van der Waals surface area (Å²) in [6.45, 7) is -2.21. The lowest BCUT2D eigenvalue weighted by molar-refractivity contribution is -0.139. The van der Waals surface area contributed by atoms with E-state index in [9.17, 15) is 32.8 Å². The summed E-state index contributed by atoms with van der Waals surface area (Å²) in [5.74, 6) is -1.53. The van der Waals surface area contributed by atoms with E-state index in [2.05, 4.69) is 0 Å². The lowest BCUT2D eigenvalue weighted by atomic mass is 9.94. The molecule has 1 fully saturated rings. The number of alkyl halides is 3. The van der Waals surface area contributed by atoms with Crippen molar-refractivity contribution in [2.45, 2.75) is 44.3 Å². The molecule has 33 heavy (non-hydrogen) atoms. The summed E-state index contributed by atoms with van der Waals surface area (Å²) in [5.41, 5.74) is -0.448. The van der Waals surface area contributed by atoms with Crippen LogP contribution in [0, 0.1) is 11.3 Å². The molecule has 10 heteroatoms. The molecule has 1 heterocycles. The monoisotopic (exact) mass is 461 g/mol. The molecule has 1 aliphatic rings. The quantitative estimate of drug-likeness (QED) is 0.636. The van der Waals surface area contributed by atoms with Crippen LogP contribution in [0.2, 0.25) is 0 Å². The first kappa shape index (κ1) is 24.0. The van der Waals surface area contributed by atoms with Crippen molar-refractivity contribution in [3.05, 3.63) is 63.6 Å². The molecule has 0 radical (unpaired) electrons. The number of hydrogen-bond donors (Lipinski definition) is 1. The third kappa shape index (κ3) is 6.22. The Balaban J connectivity index is 1.85. The number of carbonyl (C=O) groups excluding carboxylic acids is 2. The van der Waals surface area contributed by atoms with Crippen molar-refractivity contribution in [1.82, 2.24) is 9.88 Å². The minimum atomic E-state index is -4.55. The molecule has 0 bridgehead atoms. The van der Waals surface area contributed by atoms with Crippen LogP contribution in [-0.2, 0) is 4.79 Å². The lowest BCUT2D eigenvalue weighted by Gasteiger charge is -2.24. The van der Waals surface area contributed by atoms with Crippen molar-refractivity contribution in [2.75, 3.05) is 13.2 Å². The minimum absolute atomic E-state index is 0.00131. The zero-order chi connectivity index (χ0) is 24.0. The zero-order valence-electron chi connectivity index (χ0n) is 17.7. The predicted octanol–water partition coefficient (Wildman–Crippen LogP) is 3.51. The number of benzene rings is 1. The second-order valence-electron chi connectivity index (χ2n) is 7.76. The molecule has 0 aliphatic heterocycles. The number of nitrogens with one attached hydrogen (secondary N) is 1. The van der Waals surface area contributed by atoms with Crippen molar-refractivity contribution in [1.29, 1.82) is 5.26 Å². The zero-order valence-corrected chi connectivity index (χ0v) is 17.7. The smallest absolute Gasteiger partial charge is 0.405 e. The lowest BCUT2D eigenvalue weighted by Crippen LogP contribution is -2.36. The number of amides is 1. The Morgan fingerprint density at radius 1 is 1.18 bits per heavy atom. The minimum Gasteiger partial charge on any atom is -0.483 e. The maximum atomic E-state index is 13.2. The van der Waals surface area contributed by atoms with Crippen LogP contribution >= 0.6 is 0 Å². The third-order valence-corrected chi connectivity index (χ3v) is 5.37. The number of para-hydroxylation sites is 1. The third-order valence-electron chi connectivity index (χ3n) is 5.37. The first-order valence-electron chi connectivity index (χ1n) is 10.5. The van der Waals surface area contributed by atoms with E-state index in [1.165, 1.54) is 29.0 Å². The van der Waals surface area contributed by atoms with Crippen LogP contribution in [0.25, 0.3) is 0 Å². The van der Waals surface area contributed by atoms with Gasteiger partial charge in [0.05, 0.1) is 5.56 Å². The molecule has 0 spiro atoms. The van der Waals surface area contributed by atoms with Gasteiger partial charge in [0.15, 0.2) is 12.4 Å². The average molecular weight is 461 g/mol. The molecule has 0 saturated heterocycles. The molecule has 1 aliphatic carbocycles. The summed E-state index contributed by atoms with van der Waals surface area (Å²) >= 11 is 0. The van der Waals surface area contributed by atoms with Crippen molar-refractivity contribution in [3.63, 3.8) is 0 Å². The molecule has 1 aromatic carbocycles. The number of rotatable bonds is 7. The van der Waals surface area contributed by atoms with Crippen LogP contribution in [0.15, 0.2) is 41.3 Å². The van der Waals surface area contributed by atoms with Gasteiger partial charge in [-0.3, -0.25) is 14.4 Å². The number of aromatic nitrogens is 1. The fourth-order valence-corrected chi connectivity index (χ4v) is 3.77. The van der Waals surface area contributed by atoms with E-state index < -0.39 is 36.6 Å². The molecule has 1 saturated carbocycles. The van der Waals surface area contributed by atoms with Crippen molar-refractivity contribution in [3.8, 4) is 11.8 Å². The van der Waals surface area contributed by atoms with E-state index in [0.29, 0.717) is 0 Å². The maximum absolute atomic E-state index is 13.2. The van der Waals surface area contributed by atoms with Crippen LogP contribution in [0.4, 0.5) is 13.2 Å². The van der Waals surface area contributed by atoms with Crippen LogP contribution in [0.1, 0.15) is 59.6 Å². The molecule has 1 amide bonds. The Labute approximate surface area is 187 Å². The van der Waals surface area contributed by atoms with Gasteiger partial charge in [0.2, 0.25) is 0 Å². The summed E-state index contributed by atoms with van der Waals surface area (Å²) in [6.07, 6.45) is 1.40. The highest BCUT2D eigenvalue weighted by atomic mass is 19.4. The number of carbonyl (C=O) groups is 2. The second kappa shape index (κ2) is 10.3. The van der Waals surface area contributed by atoms with Crippen LogP contribution < -0.4 is 15.6 Å². The normalized spacial score (nSPS) is 14.4. The van der Waals surface area contributed by atoms with E-state index in [0.717, 1.165) is 32.1 Å². The van der Waals surface area contributed by atoms with Gasteiger partial charge in [-0.25, -0.2) is 0 Å². The maximum Gasteiger partial charge on any atom is 0.405 e. The Bertz CT molecular complexity index is 1130. The van der Waals surface area contributed by atoms with Gasteiger partial charge in [-0.15, -0.1) is 0 Å². The van der Waals surface area contributed by atoms with Gasteiger partial charge >= 0.3 is 6.18 Å². The summed E-state index contributed by atoms with van der Waals surface area (Å²) in [4.78, 5) is 37.6. The SMILES string of the molecule is N#Cc1cc(C(=O)c2ccccc2OCC(=O)NCC(F)(F)F)cn(C2CCCCC2)c1=O. The van der Waals surface area contributed by atoms with Crippen LogP contribution in [-0.4, -0.2) is 35.6 Å². The number of nitrogens with zero attached hydrogens (tertiary/aromatic N) is 2. The van der Waals surface area contributed by atoms with E-state index >= 15 is 0 Å². The van der Waals surface area contributed by atoms with Crippen LogP contribution in [0.5, 0.6) is 5.75 Å². The molecule has 3 rings (SSSR count). The van der Waals surface area contributed by atoms with Gasteiger partial charge in [0.25, 0.3) is 11.5 Å². The number of ketones is 1. The van der Waals surface area contributed by atoms with E-state index in [1.807, 2.05) is 6.07 Å². The van der Waals surface area contributed by atoms with E-state index in [-0.39, 0.29) is 28.5 Å². The Hall–Kier alpha value is -3.61. The summed E-state index contributed by atoms with van der Waals surface area (Å²) in [7, 11) is 0. The molecule has 7 nitrogen and oxygen atoms in total. The average Bonchev–Trinajstić information content (AvgIpc) is 2.81. The van der Waals surface area contributed by atoms with Gasteiger partial charge in [-0.1, -0.05) is 31.4 Å². The molecule has 1 aromatic heterocycles. The van der Waals surface area contributed by atoms with Crippen molar-refractivity contribution >= 4 is 11.7 Å². The van der Waals surface area contributed by atoms with E-state index in [1.54, 1.807) is 17.4 Å². The standard InChI is InChI=1S/C23H22F3N3O4/c24-23(25,26)14-28-20(30)13-33-19-9-5-4-8-18(19)21(31)16-10-15(11-27)22(32)29(12-16)17-6-2-1-3-7-17/h4-5,8-10,12,17H,1-3,6-7,13-14H2,(H,28,30). The van der Waals surface area contributed by atoms with Gasteiger partial charge in [0.1, 0.15) is 23.9 Å². The highest BCUT2D eigenvalue weighted by Crippen LogP contribution is 2.28. The fraction of sp³-hybridized carbons (Fsp3) is 0.391. The number of ether oxygens (including phenoxy) is 1. The summed E-state index contributed by atoms with van der Waals surface area (Å²) in [6, 6.07) is 8.91. The Kier molecular flexibility index (Phi) is 7.53. The predicted molar refractivity (Wildman–Crippen MR) is 112 cm³/mol. The molecule has 174 valence electrons.